The van der Waals surface area contributed by atoms with Gasteiger partial charge in [-0.2, -0.15) is 13.2 Å². The van der Waals surface area contributed by atoms with E-state index in [2.05, 4.69) is 10.6 Å². The monoisotopic (exact) mass is 328 g/mol. The average Bonchev–Trinajstić information content (AvgIpc) is 2.46. The van der Waals surface area contributed by atoms with E-state index in [-0.39, 0.29) is 5.70 Å². The summed E-state index contributed by atoms with van der Waals surface area (Å²) < 4.78 is 37.6. The minimum Gasteiger partial charge on any atom is -0.351 e. The molecular formula is C16H19F3N2O2. The lowest BCUT2D eigenvalue weighted by molar-refractivity contribution is -0.137. The summed E-state index contributed by atoms with van der Waals surface area (Å²) in [6, 6.07) is 4.33. The maximum absolute atomic E-state index is 12.5. The van der Waals surface area contributed by atoms with Crippen LogP contribution in [0.1, 0.15) is 37.8 Å². The number of hydrogen-bond acceptors (Lipinski definition) is 2. The summed E-state index contributed by atoms with van der Waals surface area (Å²) in [6.45, 7) is 3.68. The highest BCUT2D eigenvalue weighted by molar-refractivity contribution is 6.00. The van der Waals surface area contributed by atoms with Crippen LogP contribution in [-0.4, -0.2) is 18.4 Å². The second-order valence-corrected chi connectivity index (χ2v) is 4.97. The molecule has 1 aromatic carbocycles. The maximum atomic E-state index is 12.5. The van der Waals surface area contributed by atoms with Crippen LogP contribution in [0.2, 0.25) is 0 Å². The topological polar surface area (TPSA) is 58.2 Å². The fourth-order valence-corrected chi connectivity index (χ4v) is 1.76. The molecule has 0 spiro atoms. The molecule has 126 valence electrons. The molecule has 1 rings (SSSR count). The molecule has 0 aromatic heterocycles. The third-order valence-corrected chi connectivity index (χ3v) is 2.92. The number of benzene rings is 1. The summed E-state index contributed by atoms with van der Waals surface area (Å²) in [5.74, 6) is -0.914. The molecule has 2 amide bonds. The Kier molecular flexibility index (Phi) is 6.81. The number of amides is 2. The molecule has 7 heteroatoms. The van der Waals surface area contributed by atoms with E-state index in [4.69, 9.17) is 0 Å². The first-order chi connectivity index (χ1) is 10.7. The number of alkyl halides is 3. The lowest BCUT2D eigenvalue weighted by Gasteiger charge is -2.10. The van der Waals surface area contributed by atoms with Gasteiger partial charge in [0.2, 0.25) is 5.91 Å². The van der Waals surface area contributed by atoms with Crippen molar-refractivity contribution in [3.63, 3.8) is 0 Å². The maximum Gasteiger partial charge on any atom is 0.416 e. The third kappa shape index (κ3) is 6.54. The van der Waals surface area contributed by atoms with Gasteiger partial charge in [0.15, 0.2) is 0 Å². The first kappa shape index (κ1) is 18.7. The number of halogens is 3. The minimum absolute atomic E-state index is 0.00615. The molecule has 0 aliphatic carbocycles. The zero-order valence-electron chi connectivity index (χ0n) is 13.0. The summed E-state index contributed by atoms with van der Waals surface area (Å²) in [7, 11) is 0. The van der Waals surface area contributed by atoms with Crippen molar-refractivity contribution < 1.29 is 22.8 Å². The smallest absolute Gasteiger partial charge is 0.351 e. The Morgan fingerprint density at radius 1 is 1.17 bits per heavy atom. The van der Waals surface area contributed by atoms with Crippen LogP contribution in [0.3, 0.4) is 0 Å². The Bertz CT molecular complexity index is 578. The van der Waals surface area contributed by atoms with Crippen LogP contribution >= 0.6 is 0 Å². The van der Waals surface area contributed by atoms with Gasteiger partial charge in [-0.05, 0) is 30.2 Å². The van der Waals surface area contributed by atoms with E-state index in [1.54, 1.807) is 0 Å². The number of carbonyl (C=O) groups excluding carboxylic acids is 2. The van der Waals surface area contributed by atoms with Crippen molar-refractivity contribution in [2.24, 2.45) is 0 Å². The van der Waals surface area contributed by atoms with Crippen molar-refractivity contribution in [1.82, 2.24) is 10.6 Å². The molecule has 0 saturated carbocycles. The lowest BCUT2D eigenvalue weighted by atomic mass is 10.1. The predicted molar refractivity (Wildman–Crippen MR) is 81.2 cm³/mol. The highest BCUT2D eigenvalue weighted by Gasteiger charge is 2.29. The summed E-state index contributed by atoms with van der Waals surface area (Å²) in [5, 5.41) is 5.03. The first-order valence-corrected chi connectivity index (χ1v) is 7.18. The number of carbonyl (C=O) groups is 2. The van der Waals surface area contributed by atoms with Gasteiger partial charge in [-0.1, -0.05) is 25.5 Å². The van der Waals surface area contributed by atoms with E-state index >= 15 is 0 Å². The molecule has 0 saturated heterocycles. The van der Waals surface area contributed by atoms with Gasteiger partial charge in [0.1, 0.15) is 5.70 Å². The summed E-state index contributed by atoms with van der Waals surface area (Å²) in [4.78, 5) is 23.2. The van der Waals surface area contributed by atoms with Gasteiger partial charge in [-0.3, -0.25) is 9.59 Å². The first-order valence-electron chi connectivity index (χ1n) is 7.18. The Hall–Kier alpha value is -2.31. The molecular weight excluding hydrogens is 309 g/mol. The van der Waals surface area contributed by atoms with Crippen LogP contribution in [0.4, 0.5) is 13.2 Å². The molecule has 2 N–H and O–H groups in total. The molecule has 4 nitrogen and oxygen atoms in total. The molecule has 0 unspecified atom stereocenters. The molecule has 23 heavy (non-hydrogen) atoms. The Morgan fingerprint density at radius 2 is 1.78 bits per heavy atom. The van der Waals surface area contributed by atoms with E-state index in [1.807, 2.05) is 6.92 Å². The van der Waals surface area contributed by atoms with Gasteiger partial charge in [-0.25, -0.2) is 0 Å². The van der Waals surface area contributed by atoms with Gasteiger partial charge in [0.25, 0.3) is 5.91 Å². The van der Waals surface area contributed by atoms with Crippen molar-refractivity contribution in [2.45, 2.75) is 32.9 Å². The molecule has 0 radical (unpaired) electrons. The predicted octanol–water partition coefficient (Wildman–Crippen LogP) is 3.10. The van der Waals surface area contributed by atoms with Crippen LogP contribution < -0.4 is 10.6 Å². The van der Waals surface area contributed by atoms with Gasteiger partial charge >= 0.3 is 6.18 Å². The van der Waals surface area contributed by atoms with Crippen molar-refractivity contribution in [3.8, 4) is 0 Å². The van der Waals surface area contributed by atoms with Gasteiger partial charge < -0.3 is 10.6 Å². The zero-order chi connectivity index (χ0) is 17.5. The molecule has 0 bridgehead atoms. The zero-order valence-corrected chi connectivity index (χ0v) is 13.0. The minimum atomic E-state index is -4.42. The summed E-state index contributed by atoms with van der Waals surface area (Å²) in [6.07, 6.45) is -1.39. The van der Waals surface area contributed by atoms with Gasteiger partial charge in [0, 0.05) is 13.5 Å². The van der Waals surface area contributed by atoms with E-state index in [0.29, 0.717) is 12.1 Å². The van der Waals surface area contributed by atoms with E-state index in [0.717, 1.165) is 25.0 Å². The van der Waals surface area contributed by atoms with Crippen LogP contribution in [0, 0.1) is 0 Å². The number of rotatable bonds is 6. The highest BCUT2D eigenvalue weighted by Crippen LogP contribution is 2.29. The molecule has 0 atom stereocenters. The normalized spacial score (nSPS) is 12.0. The van der Waals surface area contributed by atoms with Crippen molar-refractivity contribution in [2.75, 3.05) is 6.54 Å². The van der Waals surface area contributed by atoms with Crippen molar-refractivity contribution >= 4 is 17.9 Å². The van der Waals surface area contributed by atoms with E-state index in [9.17, 15) is 22.8 Å². The Morgan fingerprint density at radius 3 is 2.26 bits per heavy atom. The number of nitrogens with one attached hydrogen (secondary N) is 2. The fraction of sp³-hybridized carbons (Fsp3) is 0.375. The van der Waals surface area contributed by atoms with Crippen LogP contribution in [0.5, 0.6) is 0 Å². The molecule has 0 aliphatic rings. The second-order valence-electron chi connectivity index (χ2n) is 4.97. The van der Waals surface area contributed by atoms with Gasteiger partial charge in [-0.15, -0.1) is 0 Å². The van der Waals surface area contributed by atoms with Crippen LogP contribution in [-0.2, 0) is 15.8 Å². The van der Waals surface area contributed by atoms with Gasteiger partial charge in [0.05, 0.1) is 5.56 Å². The SMILES string of the molecule is CCCCNC(=O)/C(=C/c1ccc(C(F)(F)F)cc1)NC(C)=O. The molecule has 0 fully saturated rings. The quantitative estimate of drug-likeness (QED) is 0.623. The Labute approximate surface area is 132 Å². The lowest BCUT2D eigenvalue weighted by Crippen LogP contribution is -2.34. The number of unbranched alkanes of at least 4 members (excludes halogenated alkanes) is 1. The standard InChI is InChI=1S/C16H19F3N2O2/c1-3-4-9-20-15(23)14(21-11(2)22)10-12-5-7-13(8-6-12)16(17,18)19/h5-8,10H,3-4,9H2,1-2H3,(H,20,23)(H,21,22)/b14-10-. The van der Waals surface area contributed by atoms with Crippen LogP contribution in [0.25, 0.3) is 6.08 Å². The Balaban J connectivity index is 2.95. The molecule has 0 heterocycles. The van der Waals surface area contributed by atoms with E-state index in [1.165, 1.54) is 25.1 Å². The second kappa shape index (κ2) is 8.36. The largest absolute Gasteiger partial charge is 0.416 e. The van der Waals surface area contributed by atoms with E-state index < -0.39 is 23.6 Å². The molecule has 0 aliphatic heterocycles. The molecule has 1 aromatic rings. The van der Waals surface area contributed by atoms with Crippen molar-refractivity contribution in [3.05, 3.63) is 41.1 Å². The van der Waals surface area contributed by atoms with Crippen LogP contribution in [0.15, 0.2) is 30.0 Å². The fourth-order valence-electron chi connectivity index (χ4n) is 1.76. The summed E-state index contributed by atoms with van der Waals surface area (Å²) in [5.41, 5.74) is -0.399. The average molecular weight is 328 g/mol. The van der Waals surface area contributed by atoms with Crippen molar-refractivity contribution in [1.29, 1.82) is 0 Å². The number of hydrogen-bond donors (Lipinski definition) is 2. The highest BCUT2D eigenvalue weighted by atomic mass is 19.4. The third-order valence-electron chi connectivity index (χ3n) is 2.92. The summed E-state index contributed by atoms with van der Waals surface area (Å²) >= 11 is 0.